The third-order valence-electron chi connectivity index (χ3n) is 8.12. The van der Waals surface area contributed by atoms with E-state index < -0.39 is 10.0 Å². The second-order valence-electron chi connectivity index (χ2n) is 10.8. The number of ether oxygens (including phenoxy) is 2. The molecule has 210 valence electrons. The highest BCUT2D eigenvalue weighted by Gasteiger charge is 2.34. The Morgan fingerprint density at radius 1 is 1.05 bits per heavy atom. The average Bonchev–Trinajstić information content (AvgIpc) is 3.36. The van der Waals surface area contributed by atoms with Gasteiger partial charge in [0.2, 0.25) is 15.9 Å². The van der Waals surface area contributed by atoms with Crippen LogP contribution in [0.3, 0.4) is 0 Å². The molecule has 0 bridgehead atoms. The second-order valence-corrected chi connectivity index (χ2v) is 12.8. The molecule has 1 aliphatic heterocycles. The Kier molecular flexibility index (Phi) is 10.4. The molecule has 37 heavy (non-hydrogen) atoms. The van der Waals surface area contributed by atoms with Crippen LogP contribution in [0.5, 0.6) is 5.75 Å². The van der Waals surface area contributed by atoms with Crippen LogP contribution in [-0.4, -0.2) is 120 Å². The zero-order chi connectivity index (χ0) is 27.3. The number of sulfonamides is 1. The lowest BCUT2D eigenvalue weighted by atomic mass is 9.89. The van der Waals surface area contributed by atoms with Crippen molar-refractivity contribution in [2.24, 2.45) is 0 Å². The summed E-state index contributed by atoms with van der Waals surface area (Å²) < 4.78 is 38.5. The zero-order valence-corrected chi connectivity index (χ0v) is 24.5. The normalized spacial score (nSPS) is 23.1. The van der Waals surface area contributed by atoms with Crippen molar-refractivity contribution in [2.75, 3.05) is 68.1 Å². The smallest absolute Gasteiger partial charge is 0.248 e. The van der Waals surface area contributed by atoms with Crippen LogP contribution >= 0.6 is 0 Å². The maximum Gasteiger partial charge on any atom is 0.248 e. The third-order valence-corrected chi connectivity index (χ3v) is 10.3. The van der Waals surface area contributed by atoms with Gasteiger partial charge < -0.3 is 19.3 Å². The van der Waals surface area contributed by atoms with Crippen molar-refractivity contribution >= 4 is 15.9 Å². The van der Waals surface area contributed by atoms with E-state index in [0.29, 0.717) is 29.0 Å². The summed E-state index contributed by atoms with van der Waals surface area (Å²) in [6.07, 6.45) is 5.56. The number of likely N-dealkylation sites (tertiary alicyclic amines) is 1. The van der Waals surface area contributed by atoms with Gasteiger partial charge >= 0.3 is 0 Å². The van der Waals surface area contributed by atoms with Crippen LogP contribution in [0.1, 0.15) is 43.2 Å². The summed E-state index contributed by atoms with van der Waals surface area (Å²) in [4.78, 5) is 19.9. The lowest BCUT2D eigenvalue weighted by Gasteiger charge is -2.39. The molecule has 1 amide bonds. The number of amides is 1. The SMILES string of the molecule is COc1cc(C)c(S(=O)(=O)N(C)CCOCC(=O)N(C)[C@H]2CCC[C@H](N3CC[C@@H](N(C)C)C3)C2)c(C)c1. The largest absolute Gasteiger partial charge is 0.497 e. The molecule has 9 nitrogen and oxygen atoms in total. The fourth-order valence-electron chi connectivity index (χ4n) is 5.71. The number of likely N-dealkylation sites (N-methyl/N-ethyl adjacent to an activating group) is 3. The van der Waals surface area contributed by atoms with Gasteiger partial charge in [-0.05, 0) is 83.3 Å². The summed E-state index contributed by atoms with van der Waals surface area (Å²) >= 11 is 0. The van der Waals surface area contributed by atoms with E-state index in [0.717, 1.165) is 32.4 Å². The molecule has 0 unspecified atom stereocenters. The van der Waals surface area contributed by atoms with Crippen LogP contribution in [0.25, 0.3) is 0 Å². The molecule has 1 heterocycles. The van der Waals surface area contributed by atoms with Crippen molar-refractivity contribution in [3.8, 4) is 5.75 Å². The first kappa shape index (κ1) is 29.8. The Morgan fingerprint density at radius 2 is 1.73 bits per heavy atom. The Labute approximate surface area is 223 Å². The zero-order valence-electron chi connectivity index (χ0n) is 23.7. The van der Waals surface area contributed by atoms with E-state index in [1.54, 1.807) is 33.1 Å². The highest BCUT2D eigenvalue weighted by molar-refractivity contribution is 7.89. The van der Waals surface area contributed by atoms with Crippen molar-refractivity contribution in [1.29, 1.82) is 0 Å². The van der Waals surface area contributed by atoms with Gasteiger partial charge in [0.1, 0.15) is 12.4 Å². The molecular formula is C27H46N4O5S. The molecule has 3 rings (SSSR count). The predicted molar refractivity (Wildman–Crippen MR) is 146 cm³/mol. The fourth-order valence-corrected chi connectivity index (χ4v) is 7.27. The minimum Gasteiger partial charge on any atom is -0.497 e. The van der Waals surface area contributed by atoms with E-state index in [1.165, 1.54) is 24.2 Å². The number of hydrogen-bond donors (Lipinski definition) is 0. The van der Waals surface area contributed by atoms with E-state index in [4.69, 9.17) is 9.47 Å². The van der Waals surface area contributed by atoms with E-state index in [1.807, 2.05) is 11.9 Å². The number of rotatable bonds is 11. The molecule has 1 aromatic rings. The van der Waals surface area contributed by atoms with Crippen molar-refractivity contribution in [3.05, 3.63) is 23.3 Å². The molecular weight excluding hydrogens is 492 g/mol. The topological polar surface area (TPSA) is 82.6 Å². The van der Waals surface area contributed by atoms with Crippen molar-refractivity contribution in [1.82, 2.24) is 19.0 Å². The van der Waals surface area contributed by atoms with Gasteiger partial charge in [-0.3, -0.25) is 9.69 Å². The number of carbonyl (C=O) groups is 1. The number of methoxy groups -OCH3 is 1. The Balaban J connectivity index is 1.46. The minimum absolute atomic E-state index is 0.0431. The first-order chi connectivity index (χ1) is 17.4. The van der Waals surface area contributed by atoms with Gasteiger partial charge in [0.25, 0.3) is 0 Å². The maximum absolute atomic E-state index is 13.2. The van der Waals surface area contributed by atoms with Crippen LogP contribution in [0.4, 0.5) is 0 Å². The molecule has 3 atom stereocenters. The van der Waals surface area contributed by atoms with E-state index >= 15 is 0 Å². The molecule has 1 saturated heterocycles. The van der Waals surface area contributed by atoms with Crippen molar-refractivity contribution in [2.45, 2.75) is 69.0 Å². The van der Waals surface area contributed by atoms with E-state index in [2.05, 4.69) is 23.9 Å². The Morgan fingerprint density at radius 3 is 2.32 bits per heavy atom. The van der Waals surface area contributed by atoms with Gasteiger partial charge in [-0.25, -0.2) is 8.42 Å². The summed E-state index contributed by atoms with van der Waals surface area (Å²) in [6, 6.07) is 4.81. The standard InChI is InChI=1S/C27H46N4O5S/c1-20-15-25(35-7)16-21(2)27(20)37(33,34)29(5)13-14-36-19-26(32)30(6)22-9-8-10-23(17-22)31-12-11-24(18-31)28(3)4/h15-16,22-24H,8-14,17-19H2,1-7H3/t22-,23-,24+/m0/s1. The first-order valence-corrected chi connectivity index (χ1v) is 14.7. The number of carbonyl (C=O) groups excluding carboxylic acids is 1. The summed E-state index contributed by atoms with van der Waals surface area (Å²) in [5, 5.41) is 0. The number of hydrogen-bond acceptors (Lipinski definition) is 7. The van der Waals surface area contributed by atoms with Crippen LogP contribution in [0.2, 0.25) is 0 Å². The van der Waals surface area contributed by atoms with Gasteiger partial charge in [0.05, 0.1) is 18.6 Å². The van der Waals surface area contributed by atoms with E-state index in [-0.39, 0.29) is 36.6 Å². The highest BCUT2D eigenvalue weighted by atomic mass is 32.2. The molecule has 2 fully saturated rings. The summed E-state index contributed by atoms with van der Waals surface area (Å²) in [7, 11) is 5.59. The quantitative estimate of drug-likeness (QED) is 0.400. The Bertz CT molecular complexity index is 1010. The first-order valence-electron chi connectivity index (χ1n) is 13.3. The minimum atomic E-state index is -3.69. The van der Waals surface area contributed by atoms with Crippen LogP contribution in [-0.2, 0) is 19.6 Å². The van der Waals surface area contributed by atoms with Crippen LogP contribution < -0.4 is 4.74 Å². The van der Waals surface area contributed by atoms with Crippen molar-refractivity contribution < 1.29 is 22.7 Å². The van der Waals surface area contributed by atoms with Crippen molar-refractivity contribution in [3.63, 3.8) is 0 Å². The van der Waals surface area contributed by atoms with Gasteiger partial charge in [0, 0.05) is 51.9 Å². The Hall–Kier alpha value is -1.72. The summed E-state index contributed by atoms with van der Waals surface area (Å²) in [5.74, 6) is 0.579. The van der Waals surface area contributed by atoms with Crippen LogP contribution in [0.15, 0.2) is 17.0 Å². The monoisotopic (exact) mass is 538 g/mol. The lowest BCUT2D eigenvalue weighted by Crippen LogP contribution is -2.47. The van der Waals surface area contributed by atoms with Gasteiger partial charge in [0.15, 0.2) is 0 Å². The summed E-state index contributed by atoms with van der Waals surface area (Å²) in [6.45, 7) is 6.04. The molecule has 0 aromatic heterocycles. The molecule has 1 aromatic carbocycles. The number of benzene rings is 1. The predicted octanol–water partition coefficient (Wildman–Crippen LogP) is 2.35. The third kappa shape index (κ3) is 7.23. The molecule has 1 aliphatic carbocycles. The second kappa shape index (κ2) is 12.9. The molecule has 2 aliphatic rings. The lowest BCUT2D eigenvalue weighted by molar-refractivity contribution is -0.137. The number of nitrogens with zero attached hydrogens (tertiary/aromatic N) is 4. The highest BCUT2D eigenvalue weighted by Crippen LogP contribution is 2.30. The van der Waals surface area contributed by atoms with Gasteiger partial charge in [-0.2, -0.15) is 4.31 Å². The average molecular weight is 539 g/mol. The molecule has 0 spiro atoms. The molecule has 0 radical (unpaired) electrons. The van der Waals surface area contributed by atoms with E-state index in [9.17, 15) is 13.2 Å². The van der Waals surface area contributed by atoms with Crippen LogP contribution in [0, 0.1) is 13.8 Å². The molecule has 0 N–H and O–H groups in total. The molecule has 1 saturated carbocycles. The van der Waals surface area contributed by atoms with Gasteiger partial charge in [-0.15, -0.1) is 0 Å². The number of aryl methyl sites for hydroxylation is 2. The summed E-state index contributed by atoms with van der Waals surface area (Å²) in [5.41, 5.74) is 1.27. The molecule has 10 heteroatoms. The van der Waals surface area contributed by atoms with Gasteiger partial charge in [-0.1, -0.05) is 0 Å². The fraction of sp³-hybridized carbons (Fsp3) is 0.741. The maximum atomic E-state index is 13.2.